The van der Waals surface area contributed by atoms with Gasteiger partial charge in [-0.15, -0.1) is 0 Å². The largest absolute Gasteiger partial charge is 0.396 e. The zero-order valence-electron chi connectivity index (χ0n) is 10.7. The van der Waals surface area contributed by atoms with E-state index in [1.54, 1.807) is 6.07 Å². The first-order valence-corrected chi connectivity index (χ1v) is 7.18. The van der Waals surface area contributed by atoms with Crippen molar-refractivity contribution in [1.82, 2.24) is 14.7 Å². The summed E-state index contributed by atoms with van der Waals surface area (Å²) in [6, 6.07) is 3.79. The summed E-state index contributed by atoms with van der Waals surface area (Å²) >= 11 is 0. The molecule has 0 unspecified atom stereocenters. The van der Waals surface area contributed by atoms with Crippen molar-refractivity contribution in [3.05, 3.63) is 47.8 Å². The monoisotopic (exact) mass is 296 g/mol. The summed E-state index contributed by atoms with van der Waals surface area (Å²) in [5, 5.41) is 0. The topological polar surface area (TPSA) is 98.0 Å². The molecule has 0 spiro atoms. The number of nitrogens with two attached hydrogens (primary N) is 1. The maximum atomic E-state index is 13.2. The van der Waals surface area contributed by atoms with Crippen molar-refractivity contribution in [2.24, 2.45) is 0 Å². The molecule has 2 rings (SSSR count). The first-order valence-electron chi connectivity index (χ1n) is 5.70. The molecule has 6 nitrogen and oxygen atoms in total. The molecular formula is C12H13FN4O2S. The number of anilines is 1. The summed E-state index contributed by atoms with van der Waals surface area (Å²) in [7, 11) is -3.79. The number of hydrogen-bond donors (Lipinski definition) is 2. The van der Waals surface area contributed by atoms with Crippen LogP contribution in [-0.4, -0.2) is 18.4 Å². The SMILES string of the molecule is Cc1cc(F)c(N)cc1S(=O)(=O)NCc1ccncn1. The van der Waals surface area contributed by atoms with E-state index in [9.17, 15) is 12.8 Å². The van der Waals surface area contributed by atoms with Crippen molar-refractivity contribution in [3.8, 4) is 0 Å². The minimum absolute atomic E-state index is 0.0155. The lowest BCUT2D eigenvalue weighted by atomic mass is 10.2. The summed E-state index contributed by atoms with van der Waals surface area (Å²) in [5.41, 5.74) is 6.00. The second-order valence-corrected chi connectivity index (χ2v) is 5.90. The van der Waals surface area contributed by atoms with E-state index in [0.29, 0.717) is 5.69 Å². The van der Waals surface area contributed by atoms with E-state index in [0.717, 1.165) is 12.1 Å². The van der Waals surface area contributed by atoms with Crippen LogP contribution >= 0.6 is 0 Å². The average Bonchev–Trinajstić information content (AvgIpc) is 2.42. The maximum Gasteiger partial charge on any atom is 0.241 e. The molecule has 0 amide bonds. The fraction of sp³-hybridized carbons (Fsp3) is 0.167. The molecule has 0 atom stereocenters. The van der Waals surface area contributed by atoms with E-state index in [4.69, 9.17) is 5.73 Å². The number of halogens is 1. The van der Waals surface area contributed by atoms with Gasteiger partial charge in [0.15, 0.2) is 0 Å². The lowest BCUT2D eigenvalue weighted by Crippen LogP contribution is -2.24. The van der Waals surface area contributed by atoms with Crippen LogP contribution in [0.4, 0.5) is 10.1 Å². The highest BCUT2D eigenvalue weighted by atomic mass is 32.2. The number of rotatable bonds is 4. The van der Waals surface area contributed by atoms with Gasteiger partial charge in [-0.3, -0.25) is 0 Å². The molecule has 0 fully saturated rings. The van der Waals surface area contributed by atoms with Gasteiger partial charge < -0.3 is 5.73 Å². The predicted molar refractivity (Wildman–Crippen MR) is 71.6 cm³/mol. The van der Waals surface area contributed by atoms with E-state index in [1.165, 1.54) is 19.4 Å². The molecule has 2 aromatic rings. The van der Waals surface area contributed by atoms with Crippen molar-refractivity contribution < 1.29 is 12.8 Å². The highest BCUT2D eigenvalue weighted by molar-refractivity contribution is 7.89. The molecule has 0 saturated heterocycles. The van der Waals surface area contributed by atoms with Gasteiger partial charge in [0.25, 0.3) is 0 Å². The van der Waals surface area contributed by atoms with Gasteiger partial charge in [0, 0.05) is 6.20 Å². The maximum absolute atomic E-state index is 13.2. The Labute approximate surface area is 115 Å². The van der Waals surface area contributed by atoms with Gasteiger partial charge in [-0.1, -0.05) is 0 Å². The van der Waals surface area contributed by atoms with Gasteiger partial charge in [0.1, 0.15) is 12.1 Å². The van der Waals surface area contributed by atoms with Crippen molar-refractivity contribution in [2.45, 2.75) is 18.4 Å². The molecule has 8 heteroatoms. The number of sulfonamides is 1. The number of aromatic nitrogens is 2. The number of hydrogen-bond acceptors (Lipinski definition) is 5. The van der Waals surface area contributed by atoms with Crippen LogP contribution in [0, 0.1) is 12.7 Å². The number of benzene rings is 1. The number of aryl methyl sites for hydroxylation is 1. The van der Waals surface area contributed by atoms with Crippen LogP contribution in [0.3, 0.4) is 0 Å². The summed E-state index contributed by atoms with van der Waals surface area (Å²) in [5.74, 6) is -0.641. The van der Waals surface area contributed by atoms with Gasteiger partial charge in [-0.05, 0) is 30.7 Å². The Kier molecular flexibility index (Phi) is 3.96. The minimum Gasteiger partial charge on any atom is -0.396 e. The third kappa shape index (κ3) is 3.09. The number of nitrogen functional groups attached to an aromatic ring is 1. The molecular weight excluding hydrogens is 283 g/mol. The van der Waals surface area contributed by atoms with Crippen molar-refractivity contribution in [2.75, 3.05) is 5.73 Å². The standard InChI is InChI=1S/C12H13FN4O2S/c1-8-4-10(13)11(14)5-12(8)20(18,19)17-6-9-2-3-15-7-16-9/h2-5,7,17H,6,14H2,1H3. The molecule has 1 aromatic heterocycles. The third-order valence-corrected chi connectivity index (χ3v) is 4.21. The third-order valence-electron chi connectivity index (χ3n) is 2.67. The molecule has 0 saturated carbocycles. The van der Waals surface area contributed by atoms with Crippen LogP contribution < -0.4 is 10.5 Å². The molecule has 20 heavy (non-hydrogen) atoms. The van der Waals surface area contributed by atoms with Crippen LogP contribution in [0.2, 0.25) is 0 Å². The predicted octanol–water partition coefficient (Wildman–Crippen LogP) is 0.985. The van der Waals surface area contributed by atoms with Gasteiger partial charge >= 0.3 is 0 Å². The zero-order valence-corrected chi connectivity index (χ0v) is 11.5. The summed E-state index contributed by atoms with van der Waals surface area (Å²) in [4.78, 5) is 7.59. The van der Waals surface area contributed by atoms with E-state index in [2.05, 4.69) is 14.7 Å². The Morgan fingerprint density at radius 3 is 2.80 bits per heavy atom. The van der Waals surface area contributed by atoms with Crippen molar-refractivity contribution >= 4 is 15.7 Å². The summed E-state index contributed by atoms with van der Waals surface area (Å²) in [6.07, 6.45) is 2.84. The summed E-state index contributed by atoms with van der Waals surface area (Å²) < 4.78 is 39.9. The fourth-order valence-corrected chi connectivity index (χ4v) is 2.89. The van der Waals surface area contributed by atoms with E-state index >= 15 is 0 Å². The fourth-order valence-electron chi connectivity index (χ4n) is 1.63. The first-order chi connectivity index (χ1) is 9.40. The highest BCUT2D eigenvalue weighted by Crippen LogP contribution is 2.21. The average molecular weight is 296 g/mol. The number of nitrogens with one attached hydrogen (secondary N) is 1. The van der Waals surface area contributed by atoms with Crippen LogP contribution in [-0.2, 0) is 16.6 Å². The molecule has 3 N–H and O–H groups in total. The van der Waals surface area contributed by atoms with Crippen LogP contribution in [0.15, 0.2) is 35.6 Å². The molecule has 1 heterocycles. The van der Waals surface area contributed by atoms with Gasteiger partial charge in [0.05, 0.1) is 22.8 Å². The lowest BCUT2D eigenvalue weighted by molar-refractivity contribution is 0.578. The second-order valence-electron chi connectivity index (χ2n) is 4.16. The second kappa shape index (κ2) is 5.51. The van der Waals surface area contributed by atoms with Gasteiger partial charge in [-0.25, -0.2) is 27.5 Å². The van der Waals surface area contributed by atoms with Gasteiger partial charge in [0.2, 0.25) is 10.0 Å². The van der Waals surface area contributed by atoms with Crippen molar-refractivity contribution in [3.63, 3.8) is 0 Å². The summed E-state index contributed by atoms with van der Waals surface area (Å²) in [6.45, 7) is 1.52. The first kappa shape index (κ1) is 14.4. The molecule has 0 radical (unpaired) electrons. The Balaban J connectivity index is 2.25. The Morgan fingerprint density at radius 2 is 2.15 bits per heavy atom. The Hall–Kier alpha value is -2.06. The quantitative estimate of drug-likeness (QED) is 0.820. The lowest BCUT2D eigenvalue weighted by Gasteiger charge is -2.10. The van der Waals surface area contributed by atoms with Crippen LogP contribution in [0.5, 0.6) is 0 Å². The highest BCUT2D eigenvalue weighted by Gasteiger charge is 2.18. The Morgan fingerprint density at radius 1 is 1.40 bits per heavy atom. The van der Waals surface area contributed by atoms with Crippen molar-refractivity contribution in [1.29, 1.82) is 0 Å². The minimum atomic E-state index is -3.79. The van der Waals surface area contributed by atoms with E-state index in [-0.39, 0.29) is 22.7 Å². The van der Waals surface area contributed by atoms with Gasteiger partial charge in [-0.2, -0.15) is 0 Å². The van der Waals surface area contributed by atoms with E-state index in [1.807, 2.05) is 0 Å². The molecule has 1 aromatic carbocycles. The smallest absolute Gasteiger partial charge is 0.241 e. The molecule has 0 aliphatic heterocycles. The normalized spacial score (nSPS) is 11.5. The zero-order chi connectivity index (χ0) is 14.8. The molecule has 0 bridgehead atoms. The van der Waals surface area contributed by atoms with E-state index < -0.39 is 15.8 Å². The Bertz CT molecular complexity index is 720. The molecule has 0 aliphatic rings. The van der Waals surface area contributed by atoms with Crippen LogP contribution in [0.1, 0.15) is 11.3 Å². The molecule has 106 valence electrons. The molecule has 0 aliphatic carbocycles. The number of nitrogens with zero attached hydrogens (tertiary/aromatic N) is 2. The van der Waals surface area contributed by atoms with Crippen LogP contribution in [0.25, 0.3) is 0 Å².